The lowest BCUT2D eigenvalue weighted by molar-refractivity contribution is -0.138. The van der Waals surface area contributed by atoms with Crippen molar-refractivity contribution in [1.82, 2.24) is 9.78 Å². The zero-order valence-electron chi connectivity index (χ0n) is 15.3. The normalized spacial score (nSPS) is 19.5. The summed E-state index contributed by atoms with van der Waals surface area (Å²) in [6.07, 6.45) is 2.26. The third kappa shape index (κ3) is 2.69. The van der Waals surface area contributed by atoms with Gasteiger partial charge in [0.1, 0.15) is 5.92 Å². The second kappa shape index (κ2) is 5.69. The first-order chi connectivity index (χ1) is 12.3. The molecule has 0 radical (unpaired) electrons. The molecule has 6 nitrogen and oxygen atoms in total. The van der Waals surface area contributed by atoms with Crippen LogP contribution in [-0.2, 0) is 10.3 Å². The maximum atomic E-state index is 13.2. The molecule has 26 heavy (non-hydrogen) atoms. The highest BCUT2D eigenvalue weighted by Gasteiger charge is 2.39. The highest BCUT2D eigenvalue weighted by atomic mass is 16.4. The third-order valence-electron chi connectivity index (χ3n) is 5.10. The summed E-state index contributed by atoms with van der Waals surface area (Å²) in [6.45, 7) is 6.37. The predicted octanol–water partition coefficient (Wildman–Crippen LogP) is 3.34. The van der Waals surface area contributed by atoms with E-state index in [1.807, 2.05) is 22.9 Å². The number of amides is 1. The van der Waals surface area contributed by atoms with Crippen LogP contribution in [-0.4, -0.2) is 33.3 Å². The van der Waals surface area contributed by atoms with Gasteiger partial charge in [-0.2, -0.15) is 5.10 Å². The van der Waals surface area contributed by atoms with Gasteiger partial charge in [-0.25, -0.2) is 0 Å². The Morgan fingerprint density at radius 1 is 1.19 bits per heavy atom. The minimum atomic E-state index is -0.911. The second-order valence-corrected chi connectivity index (χ2v) is 8.18. The van der Waals surface area contributed by atoms with Crippen molar-refractivity contribution >= 4 is 17.6 Å². The third-order valence-corrected chi connectivity index (χ3v) is 5.10. The average molecular weight is 353 g/mol. The van der Waals surface area contributed by atoms with E-state index in [1.165, 1.54) is 0 Å². The first-order valence-corrected chi connectivity index (χ1v) is 9.01. The number of hydrogen-bond donors (Lipinski definition) is 1. The van der Waals surface area contributed by atoms with E-state index in [4.69, 9.17) is 0 Å². The van der Waals surface area contributed by atoms with Gasteiger partial charge in [0.15, 0.2) is 5.69 Å². The molecule has 1 aromatic carbocycles. The molecule has 4 rings (SSSR count). The van der Waals surface area contributed by atoms with Gasteiger partial charge >= 0.3 is 5.97 Å². The molecule has 2 aliphatic rings. The number of fused-ring (bicyclic) bond motifs is 1. The molecule has 0 saturated heterocycles. The fourth-order valence-corrected chi connectivity index (χ4v) is 3.66. The van der Waals surface area contributed by atoms with E-state index < -0.39 is 11.9 Å². The number of nitrogens with zero attached hydrogens (tertiary/aromatic N) is 3. The van der Waals surface area contributed by atoms with Crippen LogP contribution in [0.25, 0.3) is 0 Å². The van der Waals surface area contributed by atoms with Crippen LogP contribution in [0.4, 0.5) is 5.69 Å². The second-order valence-electron chi connectivity index (χ2n) is 8.18. The van der Waals surface area contributed by atoms with Gasteiger partial charge in [0.25, 0.3) is 5.91 Å². The summed E-state index contributed by atoms with van der Waals surface area (Å²) < 4.78 is 1.95. The lowest BCUT2D eigenvalue weighted by Crippen LogP contribution is -2.32. The number of rotatable bonds is 3. The molecule has 1 aliphatic carbocycles. The van der Waals surface area contributed by atoms with Crippen molar-refractivity contribution in [1.29, 1.82) is 0 Å². The van der Waals surface area contributed by atoms with Gasteiger partial charge in [0.2, 0.25) is 0 Å². The zero-order chi connectivity index (χ0) is 18.6. The van der Waals surface area contributed by atoms with Crippen molar-refractivity contribution in [3.63, 3.8) is 0 Å². The van der Waals surface area contributed by atoms with Gasteiger partial charge in [-0.05, 0) is 51.3 Å². The predicted molar refractivity (Wildman–Crippen MR) is 97.7 cm³/mol. The lowest BCUT2D eigenvalue weighted by atomic mass is 10.0. The molecule has 1 aromatic heterocycles. The van der Waals surface area contributed by atoms with Gasteiger partial charge in [-0.1, -0.05) is 18.2 Å². The number of carbonyl (C=O) groups excluding carboxylic acids is 1. The Morgan fingerprint density at radius 3 is 2.50 bits per heavy atom. The Balaban J connectivity index is 1.72. The summed E-state index contributed by atoms with van der Waals surface area (Å²) in [7, 11) is 0. The SMILES string of the molecule is CC(C)(C)n1nc(C(=O)N2CC(C(=O)O)c3ccccc32)cc1C1CC1. The quantitative estimate of drug-likeness (QED) is 0.918. The number of carboxylic acid groups (broad SMARTS) is 1. The van der Waals surface area contributed by atoms with Crippen molar-refractivity contribution in [3.8, 4) is 0 Å². The molecule has 1 unspecified atom stereocenters. The van der Waals surface area contributed by atoms with E-state index in [9.17, 15) is 14.7 Å². The van der Waals surface area contributed by atoms with E-state index in [0.717, 1.165) is 18.5 Å². The van der Waals surface area contributed by atoms with Gasteiger partial charge < -0.3 is 10.0 Å². The van der Waals surface area contributed by atoms with E-state index in [1.54, 1.807) is 17.0 Å². The molecule has 1 N–H and O–H groups in total. The fourth-order valence-electron chi connectivity index (χ4n) is 3.66. The van der Waals surface area contributed by atoms with Crippen LogP contribution in [0.2, 0.25) is 0 Å². The maximum Gasteiger partial charge on any atom is 0.312 e. The lowest BCUT2D eigenvalue weighted by Gasteiger charge is -2.22. The fraction of sp³-hybridized carbons (Fsp3) is 0.450. The highest BCUT2D eigenvalue weighted by Crippen LogP contribution is 2.42. The number of hydrogen-bond acceptors (Lipinski definition) is 3. The van der Waals surface area contributed by atoms with Gasteiger partial charge in [0.05, 0.1) is 5.54 Å². The molecular formula is C20H23N3O3. The van der Waals surface area contributed by atoms with Crippen LogP contribution in [0.3, 0.4) is 0 Å². The number of benzene rings is 1. The van der Waals surface area contributed by atoms with E-state index in [-0.39, 0.29) is 18.0 Å². The van der Waals surface area contributed by atoms with Crippen molar-refractivity contribution in [2.45, 2.75) is 51.0 Å². The molecule has 0 bridgehead atoms. The summed E-state index contributed by atoms with van der Waals surface area (Å²) >= 11 is 0. The monoisotopic (exact) mass is 353 g/mol. The first kappa shape index (κ1) is 16.8. The van der Waals surface area contributed by atoms with Crippen LogP contribution in [0, 0.1) is 0 Å². The molecule has 1 amide bonds. The minimum Gasteiger partial charge on any atom is -0.481 e. The van der Waals surface area contributed by atoms with Crippen molar-refractivity contribution < 1.29 is 14.7 Å². The molecule has 1 aliphatic heterocycles. The Labute approximate surface area is 152 Å². The van der Waals surface area contributed by atoms with E-state index >= 15 is 0 Å². The van der Waals surface area contributed by atoms with Crippen LogP contribution >= 0.6 is 0 Å². The topological polar surface area (TPSA) is 75.4 Å². The Kier molecular flexibility index (Phi) is 3.68. The maximum absolute atomic E-state index is 13.2. The molecular weight excluding hydrogens is 330 g/mol. The molecule has 2 aromatic rings. The first-order valence-electron chi connectivity index (χ1n) is 9.01. The molecule has 1 saturated carbocycles. The van der Waals surface area contributed by atoms with Crippen LogP contribution in [0.5, 0.6) is 0 Å². The summed E-state index contributed by atoms with van der Waals surface area (Å²) in [5.41, 5.74) is 2.64. The van der Waals surface area contributed by atoms with Gasteiger partial charge in [-0.3, -0.25) is 14.3 Å². The standard InChI is InChI=1S/C20H23N3O3/c1-20(2,3)23-17(12-8-9-12)10-15(21-23)18(24)22-11-14(19(25)26)13-6-4-5-7-16(13)22/h4-7,10,12,14H,8-9,11H2,1-3H3,(H,25,26). The number of aromatic nitrogens is 2. The van der Waals surface area contributed by atoms with Crippen molar-refractivity contribution in [3.05, 3.63) is 47.3 Å². The Hall–Kier alpha value is -2.63. The molecule has 1 atom stereocenters. The molecule has 136 valence electrons. The van der Waals surface area contributed by atoms with Crippen LogP contribution < -0.4 is 4.90 Å². The van der Waals surface area contributed by atoms with Crippen molar-refractivity contribution in [2.24, 2.45) is 0 Å². The summed E-state index contributed by atoms with van der Waals surface area (Å²) in [5.74, 6) is -1.36. The molecule has 2 heterocycles. The Bertz CT molecular complexity index is 890. The average Bonchev–Trinajstić information content (AvgIpc) is 3.20. The molecule has 0 spiro atoms. The zero-order valence-corrected chi connectivity index (χ0v) is 15.3. The number of aliphatic carboxylic acids is 1. The Morgan fingerprint density at radius 2 is 1.88 bits per heavy atom. The van der Waals surface area contributed by atoms with Gasteiger partial charge in [0, 0.05) is 23.8 Å². The summed E-state index contributed by atoms with van der Waals surface area (Å²) in [4.78, 5) is 26.3. The van der Waals surface area contributed by atoms with Crippen molar-refractivity contribution in [2.75, 3.05) is 11.4 Å². The number of anilines is 1. The minimum absolute atomic E-state index is 0.147. The number of carboxylic acids is 1. The number of para-hydroxylation sites is 1. The number of carbonyl (C=O) groups is 2. The highest BCUT2D eigenvalue weighted by molar-refractivity contribution is 6.07. The summed E-state index contributed by atoms with van der Waals surface area (Å²) in [6, 6.07) is 9.11. The largest absolute Gasteiger partial charge is 0.481 e. The smallest absolute Gasteiger partial charge is 0.312 e. The van der Waals surface area contributed by atoms with Crippen LogP contribution in [0.1, 0.15) is 67.2 Å². The molecule has 6 heteroatoms. The summed E-state index contributed by atoms with van der Waals surface area (Å²) in [5, 5.41) is 14.1. The van der Waals surface area contributed by atoms with Gasteiger partial charge in [-0.15, -0.1) is 0 Å². The van der Waals surface area contributed by atoms with E-state index in [0.29, 0.717) is 22.9 Å². The van der Waals surface area contributed by atoms with Crippen LogP contribution in [0.15, 0.2) is 30.3 Å². The van der Waals surface area contributed by atoms with E-state index in [2.05, 4.69) is 25.9 Å². The molecule has 1 fully saturated rings.